The number of carbonyl (C=O) groups is 2. The van der Waals surface area contributed by atoms with Gasteiger partial charge in [0.25, 0.3) is 11.5 Å². The highest BCUT2D eigenvalue weighted by molar-refractivity contribution is 5.92. The predicted octanol–water partition coefficient (Wildman–Crippen LogP) is 1.49. The van der Waals surface area contributed by atoms with E-state index in [-0.39, 0.29) is 22.8 Å². The number of amides is 2. The van der Waals surface area contributed by atoms with Gasteiger partial charge < -0.3 is 9.80 Å². The first-order chi connectivity index (χ1) is 12.1. The molecule has 25 heavy (non-hydrogen) atoms. The van der Waals surface area contributed by atoms with Crippen molar-refractivity contribution in [3.05, 3.63) is 22.1 Å². The lowest BCUT2D eigenvalue weighted by molar-refractivity contribution is -0.142. The molecule has 2 saturated heterocycles. The number of hydrogen-bond donors (Lipinski definition) is 2. The van der Waals surface area contributed by atoms with Gasteiger partial charge in [-0.3, -0.25) is 24.6 Å². The zero-order chi connectivity index (χ0) is 17.4. The van der Waals surface area contributed by atoms with Crippen molar-refractivity contribution in [2.24, 2.45) is 5.41 Å². The summed E-state index contributed by atoms with van der Waals surface area (Å²) < 4.78 is 0. The van der Waals surface area contributed by atoms with E-state index in [2.05, 4.69) is 15.1 Å². The average molecular weight is 346 g/mol. The lowest BCUT2D eigenvalue weighted by Crippen LogP contribution is -2.56. The van der Waals surface area contributed by atoms with E-state index in [0.717, 1.165) is 38.6 Å². The van der Waals surface area contributed by atoms with Crippen molar-refractivity contribution >= 4 is 11.8 Å². The van der Waals surface area contributed by atoms with Gasteiger partial charge in [-0.2, -0.15) is 0 Å². The van der Waals surface area contributed by atoms with Crippen molar-refractivity contribution in [2.75, 3.05) is 19.6 Å². The van der Waals surface area contributed by atoms with Crippen molar-refractivity contribution in [3.63, 3.8) is 0 Å². The normalized spacial score (nSPS) is 28.1. The summed E-state index contributed by atoms with van der Waals surface area (Å²) in [6.45, 7) is 2.17. The fourth-order valence-corrected chi connectivity index (χ4v) is 4.93. The summed E-state index contributed by atoms with van der Waals surface area (Å²) in [6, 6.07) is 1.72. The van der Waals surface area contributed by atoms with Crippen LogP contribution in [0.5, 0.6) is 0 Å². The van der Waals surface area contributed by atoms with Gasteiger partial charge in [-0.1, -0.05) is 12.8 Å². The highest BCUT2D eigenvalue weighted by Crippen LogP contribution is 2.41. The van der Waals surface area contributed by atoms with Crippen LogP contribution in [0.4, 0.5) is 0 Å². The Morgan fingerprint density at radius 2 is 1.88 bits per heavy atom. The zero-order valence-electron chi connectivity index (χ0n) is 14.6. The van der Waals surface area contributed by atoms with E-state index in [0.29, 0.717) is 31.2 Å². The van der Waals surface area contributed by atoms with Crippen LogP contribution in [0.2, 0.25) is 0 Å². The van der Waals surface area contributed by atoms with Crippen LogP contribution < -0.4 is 5.56 Å². The number of aromatic amines is 2. The van der Waals surface area contributed by atoms with Gasteiger partial charge in [-0.05, 0) is 32.1 Å². The molecule has 1 aliphatic carbocycles. The number of H-pyrrole nitrogens is 2. The van der Waals surface area contributed by atoms with E-state index >= 15 is 0 Å². The van der Waals surface area contributed by atoms with Crippen LogP contribution >= 0.6 is 0 Å². The minimum Gasteiger partial charge on any atom is -0.339 e. The van der Waals surface area contributed by atoms with E-state index in [1.165, 1.54) is 18.9 Å². The molecule has 1 aromatic rings. The van der Waals surface area contributed by atoms with Gasteiger partial charge in [-0.15, -0.1) is 0 Å². The molecular formula is C18H26N4O3. The molecule has 3 heterocycles. The van der Waals surface area contributed by atoms with Gasteiger partial charge in [0.15, 0.2) is 0 Å². The molecule has 2 N–H and O–H groups in total. The molecular weight excluding hydrogens is 320 g/mol. The van der Waals surface area contributed by atoms with Crippen LogP contribution in [0.15, 0.2) is 10.9 Å². The summed E-state index contributed by atoms with van der Waals surface area (Å²) in [7, 11) is 0. The average Bonchev–Trinajstić information content (AvgIpc) is 3.28. The molecule has 0 unspecified atom stereocenters. The van der Waals surface area contributed by atoms with Gasteiger partial charge >= 0.3 is 0 Å². The van der Waals surface area contributed by atoms with E-state index in [1.807, 2.05) is 4.90 Å². The minimum absolute atomic E-state index is 0.0149. The number of aromatic nitrogens is 2. The molecule has 2 aliphatic heterocycles. The Morgan fingerprint density at radius 3 is 2.60 bits per heavy atom. The summed E-state index contributed by atoms with van der Waals surface area (Å²) >= 11 is 0. The third-order valence-electron chi connectivity index (χ3n) is 6.24. The van der Waals surface area contributed by atoms with Gasteiger partial charge in [0, 0.05) is 43.6 Å². The summed E-state index contributed by atoms with van der Waals surface area (Å²) in [5.74, 6) is 0.165. The fourth-order valence-electron chi connectivity index (χ4n) is 4.93. The highest BCUT2D eigenvalue weighted by atomic mass is 16.2. The van der Waals surface area contributed by atoms with E-state index < -0.39 is 0 Å². The standard InChI is InChI=1S/C18H26N4O3/c23-15-10-14(19-20-15)17(25)21-9-3-7-18(11-21)8-6-16(24)22(12-18)13-4-1-2-5-13/h10,13H,1-9,11-12H2,(H2,19,20,23)/t18-/m1/s1. The predicted molar refractivity (Wildman–Crippen MR) is 92.2 cm³/mol. The maximum Gasteiger partial charge on any atom is 0.271 e. The smallest absolute Gasteiger partial charge is 0.271 e. The molecule has 3 aliphatic rings. The number of carbonyl (C=O) groups excluding carboxylic acids is 2. The second kappa shape index (κ2) is 6.35. The number of likely N-dealkylation sites (tertiary alicyclic amines) is 2. The van der Waals surface area contributed by atoms with Gasteiger partial charge in [0.1, 0.15) is 5.69 Å². The maximum atomic E-state index is 12.7. The highest BCUT2D eigenvalue weighted by Gasteiger charge is 2.44. The number of hydrogen-bond acceptors (Lipinski definition) is 3. The quantitative estimate of drug-likeness (QED) is 0.850. The molecule has 4 rings (SSSR count). The molecule has 136 valence electrons. The Bertz CT molecular complexity index is 718. The molecule has 1 spiro atoms. The molecule has 1 aromatic heterocycles. The van der Waals surface area contributed by atoms with Crippen molar-refractivity contribution in [3.8, 4) is 0 Å². The summed E-state index contributed by atoms with van der Waals surface area (Å²) in [4.78, 5) is 40.4. The molecule has 7 nitrogen and oxygen atoms in total. The number of nitrogens with zero attached hydrogens (tertiary/aromatic N) is 2. The first-order valence-electron chi connectivity index (χ1n) is 9.43. The van der Waals surface area contributed by atoms with E-state index in [1.54, 1.807) is 0 Å². The van der Waals surface area contributed by atoms with Crippen LogP contribution in [0.25, 0.3) is 0 Å². The number of nitrogens with one attached hydrogen (secondary N) is 2. The monoisotopic (exact) mass is 346 g/mol. The fraction of sp³-hybridized carbons (Fsp3) is 0.722. The number of rotatable bonds is 2. The third kappa shape index (κ3) is 3.12. The zero-order valence-corrected chi connectivity index (χ0v) is 14.6. The lowest BCUT2D eigenvalue weighted by atomic mass is 9.73. The van der Waals surface area contributed by atoms with Crippen molar-refractivity contribution in [1.82, 2.24) is 20.0 Å². The Labute approximate surface area is 146 Å². The van der Waals surface area contributed by atoms with Crippen molar-refractivity contribution < 1.29 is 9.59 Å². The van der Waals surface area contributed by atoms with Crippen molar-refractivity contribution in [2.45, 2.75) is 57.4 Å². The summed E-state index contributed by atoms with van der Waals surface area (Å²) in [5.41, 5.74) is 0.0495. The van der Waals surface area contributed by atoms with Crippen LogP contribution in [0, 0.1) is 5.41 Å². The molecule has 0 aromatic carbocycles. The second-order valence-corrected chi connectivity index (χ2v) is 7.96. The third-order valence-corrected chi connectivity index (χ3v) is 6.24. The summed E-state index contributed by atoms with van der Waals surface area (Å²) in [6.07, 6.45) is 8.15. The Hall–Kier alpha value is -2.05. The van der Waals surface area contributed by atoms with Crippen LogP contribution in [-0.4, -0.2) is 57.5 Å². The Morgan fingerprint density at radius 1 is 1.08 bits per heavy atom. The SMILES string of the molecule is O=C(c1cc(=O)[nH][nH]1)N1CCC[C@@]2(CCC(=O)N(C3CCCC3)C2)C1. The maximum absolute atomic E-state index is 12.7. The molecule has 1 saturated carbocycles. The van der Waals surface area contributed by atoms with Gasteiger partial charge in [0.2, 0.25) is 5.91 Å². The van der Waals surface area contributed by atoms with Gasteiger partial charge in [-0.25, -0.2) is 0 Å². The van der Waals surface area contributed by atoms with Crippen LogP contribution in [0.3, 0.4) is 0 Å². The summed E-state index contributed by atoms with van der Waals surface area (Å²) in [5, 5.41) is 5.09. The molecule has 2 amide bonds. The first kappa shape index (κ1) is 16.4. The molecule has 7 heteroatoms. The van der Waals surface area contributed by atoms with Crippen LogP contribution in [0.1, 0.15) is 61.9 Å². The minimum atomic E-state index is -0.286. The molecule has 0 bridgehead atoms. The van der Waals surface area contributed by atoms with Gasteiger partial charge in [0.05, 0.1) is 0 Å². The van der Waals surface area contributed by atoms with E-state index in [4.69, 9.17) is 0 Å². The Balaban J connectivity index is 1.50. The van der Waals surface area contributed by atoms with E-state index in [9.17, 15) is 14.4 Å². The van der Waals surface area contributed by atoms with Crippen LogP contribution in [-0.2, 0) is 4.79 Å². The molecule has 1 atom stereocenters. The largest absolute Gasteiger partial charge is 0.339 e. The van der Waals surface area contributed by atoms with Crippen molar-refractivity contribution in [1.29, 1.82) is 0 Å². The lowest BCUT2D eigenvalue weighted by Gasteiger charge is -2.49. The second-order valence-electron chi connectivity index (χ2n) is 7.96. The topological polar surface area (TPSA) is 89.3 Å². The number of piperidine rings is 2. The molecule has 0 radical (unpaired) electrons. The molecule has 3 fully saturated rings. The first-order valence-corrected chi connectivity index (χ1v) is 9.43. The Kier molecular flexibility index (Phi) is 4.17.